The summed E-state index contributed by atoms with van der Waals surface area (Å²) in [5.41, 5.74) is 3.53. The monoisotopic (exact) mass is 289 g/mol. The van der Waals surface area contributed by atoms with Gasteiger partial charge in [0.05, 0.1) is 5.69 Å². The molecule has 1 aromatic rings. The molecule has 2 bridgehead atoms. The van der Waals surface area contributed by atoms with Crippen molar-refractivity contribution in [2.45, 2.75) is 72.4 Å². The molecule has 2 saturated carbocycles. The quantitative estimate of drug-likeness (QED) is 0.912. The Morgan fingerprint density at radius 1 is 1.38 bits per heavy atom. The second-order valence-corrected chi connectivity index (χ2v) is 8.60. The number of hydrogen-bond donors (Lipinski definition) is 1. The summed E-state index contributed by atoms with van der Waals surface area (Å²) in [4.78, 5) is 0. The smallest absolute Gasteiger partial charge is 0.0694 e. The van der Waals surface area contributed by atoms with Gasteiger partial charge < -0.3 is 5.32 Å². The van der Waals surface area contributed by atoms with Gasteiger partial charge in [0.15, 0.2) is 0 Å². The molecule has 0 amide bonds. The molecule has 0 saturated heterocycles. The first-order valence-electron chi connectivity index (χ1n) is 8.50. The van der Waals surface area contributed by atoms with Crippen LogP contribution in [0.5, 0.6) is 0 Å². The largest absolute Gasteiger partial charge is 0.309 e. The number of nitrogens with zero attached hydrogens (tertiary/aromatic N) is 2. The Morgan fingerprint density at radius 3 is 2.67 bits per heavy atom. The van der Waals surface area contributed by atoms with Crippen LogP contribution in [0.2, 0.25) is 0 Å². The fourth-order valence-electron chi connectivity index (χ4n) is 5.20. The van der Waals surface area contributed by atoms with Gasteiger partial charge in [-0.1, -0.05) is 34.6 Å². The molecule has 3 heteroatoms. The Balaban J connectivity index is 1.76. The molecule has 3 nitrogen and oxygen atoms in total. The van der Waals surface area contributed by atoms with Crippen molar-refractivity contribution < 1.29 is 0 Å². The Morgan fingerprint density at radius 2 is 2.10 bits per heavy atom. The fourth-order valence-corrected chi connectivity index (χ4v) is 5.20. The summed E-state index contributed by atoms with van der Waals surface area (Å²) >= 11 is 0. The van der Waals surface area contributed by atoms with E-state index >= 15 is 0 Å². The molecule has 1 N–H and O–H groups in total. The zero-order chi connectivity index (χ0) is 15.4. The number of aromatic nitrogens is 2. The van der Waals surface area contributed by atoms with Crippen LogP contribution in [0.15, 0.2) is 6.20 Å². The van der Waals surface area contributed by atoms with E-state index in [2.05, 4.69) is 51.2 Å². The lowest BCUT2D eigenvalue weighted by atomic mass is 9.68. The van der Waals surface area contributed by atoms with Gasteiger partial charge in [0.25, 0.3) is 0 Å². The molecular formula is C18H31N3. The van der Waals surface area contributed by atoms with E-state index in [0.717, 1.165) is 12.5 Å². The van der Waals surface area contributed by atoms with Crippen LogP contribution in [0.3, 0.4) is 0 Å². The van der Waals surface area contributed by atoms with Crippen LogP contribution < -0.4 is 5.32 Å². The highest BCUT2D eigenvalue weighted by atomic mass is 15.3. The lowest BCUT2D eigenvalue weighted by Crippen LogP contribution is -2.50. The highest BCUT2D eigenvalue weighted by molar-refractivity contribution is 5.21. The minimum Gasteiger partial charge on any atom is -0.309 e. The molecule has 3 atom stereocenters. The second kappa shape index (κ2) is 4.84. The van der Waals surface area contributed by atoms with Crippen LogP contribution in [0, 0.1) is 16.7 Å². The van der Waals surface area contributed by atoms with Crippen LogP contribution >= 0.6 is 0 Å². The van der Waals surface area contributed by atoms with Crippen molar-refractivity contribution >= 4 is 0 Å². The van der Waals surface area contributed by atoms with Gasteiger partial charge in [0, 0.05) is 31.4 Å². The van der Waals surface area contributed by atoms with Gasteiger partial charge in [-0.2, -0.15) is 5.10 Å². The van der Waals surface area contributed by atoms with Crippen LogP contribution in [-0.2, 0) is 13.6 Å². The van der Waals surface area contributed by atoms with Gasteiger partial charge in [-0.3, -0.25) is 4.68 Å². The maximum atomic E-state index is 4.63. The summed E-state index contributed by atoms with van der Waals surface area (Å²) in [7, 11) is 2.03. The third kappa shape index (κ3) is 2.34. The number of fused-ring (bicyclic) bond motifs is 2. The predicted octanol–water partition coefficient (Wildman–Crippen LogP) is 3.85. The molecule has 1 heterocycles. The first-order valence-corrected chi connectivity index (χ1v) is 8.50. The first-order chi connectivity index (χ1) is 9.74. The van der Waals surface area contributed by atoms with Crippen molar-refractivity contribution in [2.75, 3.05) is 0 Å². The van der Waals surface area contributed by atoms with Crippen molar-refractivity contribution in [3.8, 4) is 0 Å². The molecule has 2 fully saturated rings. The Labute approximate surface area is 129 Å². The summed E-state index contributed by atoms with van der Waals surface area (Å²) in [6.07, 6.45) is 6.40. The summed E-state index contributed by atoms with van der Waals surface area (Å²) < 4.78 is 1.96. The Hall–Kier alpha value is -0.830. The van der Waals surface area contributed by atoms with E-state index in [1.807, 2.05) is 11.7 Å². The number of hydrogen-bond acceptors (Lipinski definition) is 2. The highest BCUT2D eigenvalue weighted by Crippen LogP contribution is 2.62. The molecular weight excluding hydrogens is 258 g/mol. The van der Waals surface area contributed by atoms with E-state index in [1.165, 1.54) is 30.5 Å². The minimum absolute atomic E-state index is 0.424. The number of nitrogens with one attached hydrogen (secondary N) is 1. The third-order valence-electron chi connectivity index (χ3n) is 6.25. The van der Waals surface area contributed by atoms with Gasteiger partial charge in [0.2, 0.25) is 0 Å². The van der Waals surface area contributed by atoms with Crippen LogP contribution in [-0.4, -0.2) is 15.8 Å². The SMILES string of the molecule is CC(C)c1nn(C)cc1CNC1C2(C)CCC(C2)C1(C)C. The lowest BCUT2D eigenvalue weighted by molar-refractivity contribution is 0.108. The minimum atomic E-state index is 0.424. The molecule has 0 aromatic carbocycles. The van der Waals surface area contributed by atoms with Crippen molar-refractivity contribution in [3.05, 3.63) is 17.5 Å². The van der Waals surface area contributed by atoms with Crippen LogP contribution in [0.4, 0.5) is 0 Å². The van der Waals surface area contributed by atoms with Gasteiger partial charge in [-0.05, 0) is 41.9 Å². The standard InChI is InChI=1S/C18H31N3/c1-12(2)15-13(11-21(6)20-15)10-19-16-17(3,4)14-7-8-18(16,5)9-14/h11-12,14,16,19H,7-10H2,1-6H3. The molecule has 3 unspecified atom stereocenters. The zero-order valence-corrected chi connectivity index (χ0v) is 14.5. The molecule has 3 rings (SSSR count). The Bertz CT molecular complexity index is 524. The van der Waals surface area contributed by atoms with Gasteiger partial charge in [0.1, 0.15) is 0 Å². The van der Waals surface area contributed by atoms with Crippen LogP contribution in [0.25, 0.3) is 0 Å². The molecule has 1 aromatic heterocycles. The van der Waals surface area contributed by atoms with E-state index in [9.17, 15) is 0 Å². The molecule has 0 radical (unpaired) electrons. The average molecular weight is 289 g/mol. The maximum Gasteiger partial charge on any atom is 0.0694 e. The zero-order valence-electron chi connectivity index (χ0n) is 14.5. The summed E-state index contributed by atoms with van der Waals surface area (Å²) in [6.45, 7) is 12.8. The first kappa shape index (κ1) is 15.1. The predicted molar refractivity (Wildman–Crippen MR) is 87.2 cm³/mol. The summed E-state index contributed by atoms with van der Waals surface area (Å²) in [5, 5.41) is 8.55. The molecule has 2 aliphatic carbocycles. The van der Waals surface area contributed by atoms with Crippen molar-refractivity contribution in [1.29, 1.82) is 0 Å². The molecule has 0 spiro atoms. The van der Waals surface area contributed by atoms with E-state index in [1.54, 1.807) is 0 Å². The third-order valence-corrected chi connectivity index (χ3v) is 6.25. The molecule has 0 aliphatic heterocycles. The van der Waals surface area contributed by atoms with Gasteiger partial charge in [-0.25, -0.2) is 0 Å². The Kier molecular flexibility index (Phi) is 3.47. The van der Waals surface area contributed by atoms with E-state index < -0.39 is 0 Å². The summed E-state index contributed by atoms with van der Waals surface area (Å²) in [5.74, 6) is 1.39. The van der Waals surface area contributed by atoms with Crippen molar-refractivity contribution in [2.24, 2.45) is 23.8 Å². The van der Waals surface area contributed by atoms with Gasteiger partial charge in [-0.15, -0.1) is 0 Å². The van der Waals surface area contributed by atoms with E-state index in [4.69, 9.17) is 0 Å². The van der Waals surface area contributed by atoms with Crippen molar-refractivity contribution in [3.63, 3.8) is 0 Å². The average Bonchev–Trinajstić information content (AvgIpc) is 2.98. The van der Waals surface area contributed by atoms with Gasteiger partial charge >= 0.3 is 0 Å². The fraction of sp³-hybridized carbons (Fsp3) is 0.833. The van der Waals surface area contributed by atoms with E-state index in [0.29, 0.717) is 22.8 Å². The molecule has 2 aliphatic rings. The lowest BCUT2D eigenvalue weighted by Gasteiger charge is -2.43. The summed E-state index contributed by atoms with van der Waals surface area (Å²) in [6, 6.07) is 0.629. The van der Waals surface area contributed by atoms with Crippen LogP contribution in [0.1, 0.15) is 71.1 Å². The molecule has 21 heavy (non-hydrogen) atoms. The number of aryl methyl sites for hydroxylation is 1. The maximum absolute atomic E-state index is 4.63. The normalized spacial score (nSPS) is 34.0. The highest BCUT2D eigenvalue weighted by Gasteiger charge is 2.58. The number of rotatable bonds is 4. The molecule has 118 valence electrons. The van der Waals surface area contributed by atoms with E-state index in [-0.39, 0.29) is 0 Å². The topological polar surface area (TPSA) is 29.9 Å². The second-order valence-electron chi connectivity index (χ2n) is 8.60. The van der Waals surface area contributed by atoms with Crippen molar-refractivity contribution in [1.82, 2.24) is 15.1 Å².